The van der Waals surface area contributed by atoms with Crippen molar-refractivity contribution in [2.75, 3.05) is 14.7 Å². The Morgan fingerprint density at radius 2 is 0.730 bits per heavy atom. The highest BCUT2D eigenvalue weighted by Gasteiger charge is 2.36. The van der Waals surface area contributed by atoms with Crippen molar-refractivity contribution in [3.63, 3.8) is 0 Å². The summed E-state index contributed by atoms with van der Waals surface area (Å²) in [5, 5.41) is 0. The number of thiocarbonyl (C=S) groups is 3. The summed E-state index contributed by atoms with van der Waals surface area (Å²) in [6.07, 6.45) is 5.43. The SMILES string of the molecule is CC(=O)c1ccc(/C=C2\SC(=S)N(c3cccc(C)c3)C2=O)cc1.CC(=O)c1ccc(/C=C2\SC(=S)N(c3cccc(C)c3C)C2=O)cc1.CC(=O)c1ccc(/C=C2\SC(=S)N(c3cccc(C)c3C)C2=O)cc1. The average Bonchev–Trinajstić information content (AvgIpc) is 3.92. The standard InChI is InChI=1S/2C20H17NO2S2.C19H15NO2S2/c2*1-12-5-4-6-17(13(12)2)21-19(23)18(25-20(21)24)11-15-7-9-16(10-8-15)14(3)22;1-12-4-3-5-16(10-12)20-18(22)17(24-19(20)23)11-14-6-8-15(9-7-14)13(2)21/h2*4-11H,1-3H3;3-11H,1-2H3/b2*18-11-;17-11-. The maximum Gasteiger partial charge on any atom is 0.270 e. The lowest BCUT2D eigenvalue weighted by Gasteiger charge is -2.18. The predicted molar refractivity (Wildman–Crippen MR) is 319 cm³/mol. The highest BCUT2D eigenvalue weighted by atomic mass is 32.2. The van der Waals surface area contributed by atoms with E-state index in [9.17, 15) is 28.8 Å². The quantitative estimate of drug-likeness (QED) is 0.0780. The molecule has 0 bridgehead atoms. The average molecular weight is 1090 g/mol. The van der Waals surface area contributed by atoms with Gasteiger partial charge in [-0.1, -0.05) is 181 Å². The largest absolute Gasteiger partial charge is 0.295 e. The molecular weight excluding hydrogens is 1040 g/mol. The second-order valence-corrected chi connectivity index (χ2v) is 22.4. The molecule has 3 amide bonds. The number of ketones is 3. The highest BCUT2D eigenvalue weighted by Crippen LogP contribution is 2.40. The number of aryl methyl sites for hydroxylation is 3. The lowest BCUT2D eigenvalue weighted by Crippen LogP contribution is -2.28. The third kappa shape index (κ3) is 12.8. The van der Waals surface area contributed by atoms with Gasteiger partial charge in [0, 0.05) is 16.7 Å². The first kappa shape index (κ1) is 55.0. The molecule has 9 nitrogen and oxygen atoms in total. The Morgan fingerprint density at radius 1 is 0.419 bits per heavy atom. The Hall–Kier alpha value is -6.72. The summed E-state index contributed by atoms with van der Waals surface area (Å²) < 4.78 is 1.59. The topological polar surface area (TPSA) is 112 Å². The van der Waals surface area contributed by atoms with E-state index >= 15 is 0 Å². The first-order chi connectivity index (χ1) is 35.2. The lowest BCUT2D eigenvalue weighted by atomic mass is 10.1. The summed E-state index contributed by atoms with van der Waals surface area (Å²) in [6.45, 7) is 14.6. The first-order valence-electron chi connectivity index (χ1n) is 23.1. The van der Waals surface area contributed by atoms with Crippen LogP contribution in [0.1, 0.15) is 96.4 Å². The molecule has 0 radical (unpaired) electrons. The van der Waals surface area contributed by atoms with Crippen LogP contribution in [0.25, 0.3) is 18.2 Å². The normalized spacial score (nSPS) is 16.0. The smallest absolute Gasteiger partial charge is 0.270 e. The molecule has 15 heteroatoms. The molecule has 0 unspecified atom stereocenters. The van der Waals surface area contributed by atoms with Gasteiger partial charge in [0.05, 0.1) is 31.8 Å². The molecule has 6 aromatic rings. The number of carbonyl (C=O) groups is 6. The van der Waals surface area contributed by atoms with E-state index in [0.717, 1.165) is 61.6 Å². The van der Waals surface area contributed by atoms with Gasteiger partial charge in [-0.05, 0) is 142 Å². The summed E-state index contributed by atoms with van der Waals surface area (Å²) >= 11 is 20.1. The second-order valence-electron chi connectivity index (χ2n) is 17.4. The minimum absolute atomic E-state index is 0.0207. The third-order valence-corrected chi connectivity index (χ3v) is 16.0. The third-order valence-electron chi connectivity index (χ3n) is 12.1. The van der Waals surface area contributed by atoms with Crippen LogP contribution in [0.5, 0.6) is 0 Å². The molecule has 0 aromatic heterocycles. The van der Waals surface area contributed by atoms with Crippen LogP contribution in [0.3, 0.4) is 0 Å². The fourth-order valence-electron chi connectivity index (χ4n) is 7.66. The van der Waals surface area contributed by atoms with Crippen LogP contribution >= 0.6 is 71.9 Å². The van der Waals surface area contributed by atoms with E-state index in [-0.39, 0.29) is 35.1 Å². The van der Waals surface area contributed by atoms with Crippen molar-refractivity contribution in [2.24, 2.45) is 0 Å². The zero-order valence-electron chi connectivity index (χ0n) is 41.7. The van der Waals surface area contributed by atoms with Gasteiger partial charge in [-0.3, -0.25) is 43.5 Å². The van der Waals surface area contributed by atoms with Crippen LogP contribution in [-0.4, -0.2) is 48.0 Å². The van der Waals surface area contributed by atoms with Crippen molar-refractivity contribution < 1.29 is 28.8 Å². The van der Waals surface area contributed by atoms with Crippen LogP contribution in [0.15, 0.2) is 148 Å². The Morgan fingerprint density at radius 3 is 1.05 bits per heavy atom. The molecule has 3 aliphatic rings. The number of anilines is 3. The zero-order valence-corrected chi connectivity index (χ0v) is 46.6. The fourth-order valence-corrected chi connectivity index (χ4v) is 11.5. The summed E-state index contributed by atoms with van der Waals surface area (Å²) in [7, 11) is 0. The molecule has 372 valence electrons. The number of amides is 3. The molecule has 0 N–H and O–H groups in total. The van der Waals surface area contributed by atoms with Gasteiger partial charge in [-0.2, -0.15) is 0 Å². The van der Waals surface area contributed by atoms with Gasteiger partial charge >= 0.3 is 0 Å². The number of hydrogen-bond acceptors (Lipinski definition) is 12. The van der Waals surface area contributed by atoms with Crippen LogP contribution < -0.4 is 14.7 Å². The molecule has 3 fully saturated rings. The monoisotopic (exact) mass is 1090 g/mol. The van der Waals surface area contributed by atoms with Crippen molar-refractivity contribution >= 4 is 155 Å². The maximum absolute atomic E-state index is 12.9. The molecule has 3 heterocycles. The predicted octanol–water partition coefficient (Wildman–Crippen LogP) is 14.4. The number of thioether (sulfide) groups is 3. The van der Waals surface area contributed by atoms with Crippen LogP contribution in [0.4, 0.5) is 17.1 Å². The number of rotatable bonds is 9. The molecule has 6 aromatic carbocycles. The summed E-state index contributed by atoms with van der Waals surface area (Å²) in [6, 6.07) is 41.0. The lowest BCUT2D eigenvalue weighted by molar-refractivity contribution is -0.114. The van der Waals surface area contributed by atoms with Crippen LogP contribution in [-0.2, 0) is 14.4 Å². The van der Waals surface area contributed by atoms with E-state index in [0.29, 0.717) is 44.4 Å². The minimum atomic E-state index is -0.119. The number of benzene rings is 6. The van der Waals surface area contributed by atoms with Gasteiger partial charge in [-0.15, -0.1) is 0 Å². The van der Waals surface area contributed by atoms with E-state index in [4.69, 9.17) is 36.7 Å². The molecule has 9 rings (SSSR count). The Kier molecular flexibility index (Phi) is 17.9. The molecular formula is C59H49N3O6S6. The van der Waals surface area contributed by atoms with Crippen molar-refractivity contribution in [3.05, 3.63) is 209 Å². The molecule has 3 aliphatic heterocycles. The number of Topliss-reactive ketones (excluding diaryl/α,β-unsaturated/α-hetero) is 3. The van der Waals surface area contributed by atoms with E-state index < -0.39 is 0 Å². The first-order valence-corrected chi connectivity index (χ1v) is 26.8. The summed E-state index contributed by atoms with van der Waals surface area (Å²) in [5.41, 5.74) is 12.4. The van der Waals surface area contributed by atoms with E-state index in [1.807, 2.05) is 144 Å². The number of carbonyl (C=O) groups excluding carboxylic acids is 6. The Balaban J connectivity index is 0.000000162. The van der Waals surface area contributed by atoms with Gasteiger partial charge in [0.1, 0.15) is 0 Å². The fraction of sp³-hybridized carbons (Fsp3) is 0.136. The van der Waals surface area contributed by atoms with Crippen molar-refractivity contribution in [2.45, 2.75) is 55.4 Å². The minimum Gasteiger partial charge on any atom is -0.295 e. The van der Waals surface area contributed by atoms with Crippen molar-refractivity contribution in [1.29, 1.82) is 0 Å². The summed E-state index contributed by atoms with van der Waals surface area (Å²) in [4.78, 5) is 79.0. The van der Waals surface area contributed by atoms with E-state index in [1.165, 1.54) is 56.1 Å². The molecule has 0 aliphatic carbocycles. The Labute approximate surface area is 460 Å². The van der Waals surface area contributed by atoms with Gasteiger partial charge < -0.3 is 0 Å². The Bertz CT molecular complexity index is 3260. The second kappa shape index (κ2) is 24.1. The molecule has 0 saturated carbocycles. The van der Waals surface area contributed by atoms with E-state index in [1.54, 1.807) is 57.2 Å². The van der Waals surface area contributed by atoms with Gasteiger partial charge in [0.15, 0.2) is 30.3 Å². The van der Waals surface area contributed by atoms with Gasteiger partial charge in [-0.25, -0.2) is 0 Å². The zero-order chi connectivity index (χ0) is 53.5. The van der Waals surface area contributed by atoms with Crippen LogP contribution in [0.2, 0.25) is 0 Å². The maximum atomic E-state index is 12.9. The summed E-state index contributed by atoms with van der Waals surface area (Å²) in [5.74, 6) is -0.280. The molecule has 0 atom stereocenters. The van der Waals surface area contributed by atoms with Gasteiger partial charge in [0.2, 0.25) is 0 Å². The van der Waals surface area contributed by atoms with Gasteiger partial charge in [0.25, 0.3) is 17.7 Å². The molecule has 3 saturated heterocycles. The highest BCUT2D eigenvalue weighted by molar-refractivity contribution is 8.28. The van der Waals surface area contributed by atoms with E-state index in [2.05, 4.69) is 0 Å². The van der Waals surface area contributed by atoms with Crippen LogP contribution in [0, 0.1) is 34.6 Å². The van der Waals surface area contributed by atoms with Crippen molar-refractivity contribution in [1.82, 2.24) is 0 Å². The molecule has 74 heavy (non-hydrogen) atoms. The number of hydrogen-bond donors (Lipinski definition) is 0. The van der Waals surface area contributed by atoms with Crippen molar-refractivity contribution in [3.8, 4) is 0 Å². The number of nitrogens with zero attached hydrogens (tertiary/aromatic N) is 3. The molecule has 0 spiro atoms.